The van der Waals surface area contributed by atoms with Gasteiger partial charge in [0.15, 0.2) is 11.5 Å². The van der Waals surface area contributed by atoms with E-state index >= 15 is 0 Å². The maximum absolute atomic E-state index is 12.4. The Bertz CT molecular complexity index is 1160. The minimum absolute atomic E-state index is 0.0368. The molecule has 0 saturated carbocycles. The lowest BCUT2D eigenvalue weighted by Gasteiger charge is -2.12. The number of hydrazine groups is 1. The summed E-state index contributed by atoms with van der Waals surface area (Å²) in [5.41, 5.74) is 5.36. The van der Waals surface area contributed by atoms with Crippen LogP contribution in [0.3, 0.4) is 0 Å². The molecule has 2 aromatic carbocycles. The Morgan fingerprint density at radius 2 is 1.91 bits per heavy atom. The van der Waals surface area contributed by atoms with Crippen molar-refractivity contribution in [2.24, 2.45) is 0 Å². The van der Waals surface area contributed by atoms with Crippen molar-refractivity contribution in [1.82, 2.24) is 20.8 Å². The normalized spacial score (nSPS) is 10.6. The van der Waals surface area contributed by atoms with E-state index in [0.29, 0.717) is 40.4 Å². The number of aromatic nitrogens is 2. The molecule has 0 unspecified atom stereocenters. The number of carbonyl (C=O) groups excluding carboxylic acids is 2. The van der Waals surface area contributed by atoms with Gasteiger partial charge in [0.2, 0.25) is 5.91 Å². The molecular formula is C23H26N4O5. The molecule has 3 rings (SSSR count). The van der Waals surface area contributed by atoms with E-state index < -0.39 is 11.8 Å². The van der Waals surface area contributed by atoms with Crippen LogP contribution in [0.25, 0.3) is 10.9 Å². The number of carbonyl (C=O) groups is 2. The van der Waals surface area contributed by atoms with E-state index in [9.17, 15) is 14.4 Å². The van der Waals surface area contributed by atoms with Crippen LogP contribution >= 0.6 is 0 Å². The van der Waals surface area contributed by atoms with Gasteiger partial charge in [-0.05, 0) is 36.8 Å². The number of nitrogens with zero attached hydrogens (tertiary/aromatic N) is 1. The summed E-state index contributed by atoms with van der Waals surface area (Å²) in [7, 11) is 1.50. The average molecular weight is 438 g/mol. The highest BCUT2D eigenvalue weighted by atomic mass is 16.5. The fourth-order valence-corrected chi connectivity index (χ4v) is 3.00. The van der Waals surface area contributed by atoms with E-state index in [4.69, 9.17) is 9.47 Å². The predicted molar refractivity (Wildman–Crippen MR) is 120 cm³/mol. The maximum atomic E-state index is 12.4. The van der Waals surface area contributed by atoms with Gasteiger partial charge in [0, 0.05) is 18.4 Å². The molecule has 0 saturated heterocycles. The van der Waals surface area contributed by atoms with Gasteiger partial charge in [-0.2, -0.15) is 0 Å². The molecule has 1 heterocycles. The molecule has 0 aliphatic heterocycles. The first-order valence-electron chi connectivity index (χ1n) is 10.4. The van der Waals surface area contributed by atoms with Crippen LogP contribution in [0.1, 0.15) is 42.4 Å². The third-order valence-corrected chi connectivity index (χ3v) is 4.75. The number of aryl methyl sites for hydroxylation is 1. The molecule has 2 amide bonds. The van der Waals surface area contributed by atoms with Gasteiger partial charge in [-0.25, -0.2) is 4.98 Å². The van der Waals surface area contributed by atoms with E-state index in [1.807, 2.05) is 0 Å². The van der Waals surface area contributed by atoms with Crippen molar-refractivity contribution >= 4 is 22.7 Å². The van der Waals surface area contributed by atoms with Gasteiger partial charge in [0.25, 0.3) is 11.5 Å². The second-order valence-electron chi connectivity index (χ2n) is 7.10. The number of para-hydroxylation sites is 1. The smallest absolute Gasteiger partial charge is 0.269 e. The van der Waals surface area contributed by atoms with Crippen LogP contribution in [0, 0.1) is 0 Å². The van der Waals surface area contributed by atoms with Gasteiger partial charge in [0.05, 0.1) is 24.6 Å². The number of ether oxygens (including phenoxy) is 2. The zero-order valence-corrected chi connectivity index (χ0v) is 18.1. The van der Waals surface area contributed by atoms with E-state index in [1.165, 1.54) is 7.11 Å². The van der Waals surface area contributed by atoms with Crippen LogP contribution in [0.15, 0.2) is 47.3 Å². The van der Waals surface area contributed by atoms with Crippen LogP contribution in [-0.2, 0) is 11.2 Å². The van der Waals surface area contributed by atoms with Gasteiger partial charge < -0.3 is 14.5 Å². The fourth-order valence-electron chi connectivity index (χ4n) is 3.00. The molecule has 0 fully saturated rings. The number of amides is 2. The number of unbranched alkanes of at least 4 members (excludes halogenated alkanes) is 1. The molecule has 0 radical (unpaired) electrons. The zero-order chi connectivity index (χ0) is 22.9. The summed E-state index contributed by atoms with van der Waals surface area (Å²) in [4.78, 5) is 43.6. The Kier molecular flexibility index (Phi) is 7.80. The first-order valence-corrected chi connectivity index (χ1v) is 10.4. The van der Waals surface area contributed by atoms with E-state index in [2.05, 4.69) is 27.7 Å². The molecule has 0 aliphatic rings. The molecule has 0 spiro atoms. The van der Waals surface area contributed by atoms with Crippen molar-refractivity contribution in [3.05, 3.63) is 64.2 Å². The van der Waals surface area contributed by atoms with Crippen LogP contribution < -0.4 is 25.9 Å². The number of aromatic amines is 1. The van der Waals surface area contributed by atoms with Crippen LogP contribution in [-0.4, -0.2) is 35.5 Å². The monoisotopic (exact) mass is 438 g/mol. The number of hydrogen-bond donors (Lipinski definition) is 3. The second-order valence-corrected chi connectivity index (χ2v) is 7.10. The summed E-state index contributed by atoms with van der Waals surface area (Å²) >= 11 is 0. The largest absolute Gasteiger partial charge is 0.493 e. The fraction of sp³-hybridized carbons (Fsp3) is 0.304. The quantitative estimate of drug-likeness (QED) is 0.349. The summed E-state index contributed by atoms with van der Waals surface area (Å²) in [6.07, 6.45) is 2.18. The number of hydrogen-bond acceptors (Lipinski definition) is 6. The lowest BCUT2D eigenvalue weighted by molar-refractivity contribution is -0.121. The number of nitrogens with one attached hydrogen (secondary N) is 3. The van der Waals surface area contributed by atoms with Gasteiger partial charge in [-0.1, -0.05) is 25.5 Å². The van der Waals surface area contributed by atoms with Gasteiger partial charge in [-0.3, -0.25) is 25.2 Å². The number of methoxy groups -OCH3 is 1. The molecule has 9 heteroatoms. The van der Waals surface area contributed by atoms with Crippen molar-refractivity contribution < 1.29 is 19.1 Å². The lowest BCUT2D eigenvalue weighted by Crippen LogP contribution is -2.41. The van der Waals surface area contributed by atoms with Gasteiger partial charge in [-0.15, -0.1) is 0 Å². The molecule has 3 aromatic rings. The summed E-state index contributed by atoms with van der Waals surface area (Å²) in [5.74, 6) is 0.484. The second kappa shape index (κ2) is 10.9. The lowest BCUT2D eigenvalue weighted by atomic mass is 10.2. The Morgan fingerprint density at radius 1 is 1.09 bits per heavy atom. The molecule has 0 bridgehead atoms. The van der Waals surface area contributed by atoms with Gasteiger partial charge in [0.1, 0.15) is 5.82 Å². The third-order valence-electron chi connectivity index (χ3n) is 4.75. The average Bonchev–Trinajstić information content (AvgIpc) is 2.81. The molecule has 32 heavy (non-hydrogen) atoms. The van der Waals surface area contributed by atoms with Crippen molar-refractivity contribution in [2.45, 2.75) is 32.6 Å². The summed E-state index contributed by atoms with van der Waals surface area (Å²) < 4.78 is 10.9. The molecule has 9 nitrogen and oxygen atoms in total. The zero-order valence-electron chi connectivity index (χ0n) is 18.1. The first kappa shape index (κ1) is 22.8. The molecule has 168 valence electrons. The van der Waals surface area contributed by atoms with Crippen LogP contribution in [0.5, 0.6) is 11.5 Å². The van der Waals surface area contributed by atoms with E-state index in [-0.39, 0.29) is 18.4 Å². The first-order chi connectivity index (χ1) is 15.5. The highest BCUT2D eigenvalue weighted by Gasteiger charge is 2.13. The minimum atomic E-state index is -0.492. The number of fused-ring (bicyclic) bond motifs is 1. The van der Waals surface area contributed by atoms with E-state index in [1.54, 1.807) is 42.5 Å². The highest BCUT2D eigenvalue weighted by molar-refractivity contribution is 5.96. The van der Waals surface area contributed by atoms with Crippen molar-refractivity contribution in [2.75, 3.05) is 13.7 Å². The Balaban J connectivity index is 1.53. The van der Waals surface area contributed by atoms with Crippen molar-refractivity contribution in [3.63, 3.8) is 0 Å². The third kappa shape index (κ3) is 5.84. The summed E-state index contributed by atoms with van der Waals surface area (Å²) in [6, 6.07) is 11.8. The SMILES string of the molecule is CCCCOc1ccc(C(=O)NNC(=O)CCc2nc3ccccc3c(=O)[nH]2)cc1OC. The summed E-state index contributed by atoms with van der Waals surface area (Å²) in [5, 5.41) is 0.491. The molecular weight excluding hydrogens is 412 g/mol. The van der Waals surface area contributed by atoms with Crippen molar-refractivity contribution in [3.8, 4) is 11.5 Å². The number of rotatable bonds is 9. The maximum Gasteiger partial charge on any atom is 0.269 e. The van der Waals surface area contributed by atoms with Crippen LogP contribution in [0.4, 0.5) is 0 Å². The van der Waals surface area contributed by atoms with Gasteiger partial charge >= 0.3 is 0 Å². The number of H-pyrrole nitrogens is 1. The van der Waals surface area contributed by atoms with Crippen molar-refractivity contribution in [1.29, 1.82) is 0 Å². The molecule has 0 aliphatic carbocycles. The summed E-state index contributed by atoms with van der Waals surface area (Å²) in [6.45, 7) is 2.63. The Labute approximate surface area is 185 Å². The Hall–Kier alpha value is -3.88. The highest BCUT2D eigenvalue weighted by Crippen LogP contribution is 2.28. The predicted octanol–water partition coefficient (Wildman–Crippen LogP) is 2.50. The standard InChI is InChI=1S/C23H26N4O5/c1-3-4-13-32-18-10-9-15(14-19(18)31-2)22(29)27-26-21(28)12-11-20-24-17-8-6-5-7-16(17)23(30)25-20/h5-10,14H,3-4,11-13H2,1-2H3,(H,26,28)(H,27,29)(H,24,25,30). The minimum Gasteiger partial charge on any atom is -0.493 e. The molecule has 0 atom stereocenters. The number of benzene rings is 2. The molecule has 3 N–H and O–H groups in total. The van der Waals surface area contributed by atoms with Crippen LogP contribution in [0.2, 0.25) is 0 Å². The Morgan fingerprint density at radius 3 is 2.69 bits per heavy atom. The topological polar surface area (TPSA) is 122 Å². The molecule has 1 aromatic heterocycles. The van der Waals surface area contributed by atoms with E-state index in [0.717, 1.165) is 12.8 Å².